The topological polar surface area (TPSA) is 110 Å². The van der Waals surface area contributed by atoms with Crippen LogP contribution in [0, 0.1) is 5.92 Å². The summed E-state index contributed by atoms with van der Waals surface area (Å²) >= 11 is 0. The van der Waals surface area contributed by atoms with E-state index in [1.165, 1.54) is 0 Å². The van der Waals surface area contributed by atoms with Crippen LogP contribution >= 0.6 is 0 Å². The number of rotatable bonds is 8. The van der Waals surface area contributed by atoms with Gasteiger partial charge in [0, 0.05) is 57.0 Å². The number of ether oxygens (including phenoxy) is 4. The van der Waals surface area contributed by atoms with E-state index in [-0.39, 0.29) is 44.2 Å². The first-order valence-electron chi connectivity index (χ1n) is 16.3. The molecule has 4 fully saturated rings. The number of aliphatic hydroxyl groups is 1. The van der Waals surface area contributed by atoms with E-state index in [9.17, 15) is 27.9 Å². The normalized spacial score (nSPS) is 28.1. The van der Waals surface area contributed by atoms with Gasteiger partial charge in [-0.1, -0.05) is 55.5 Å². The monoisotopic (exact) mass is 661 g/mol. The fraction of sp³-hybridized carbons (Fsp3) is 0.588. The molecule has 2 aromatic rings. The van der Waals surface area contributed by atoms with Crippen molar-refractivity contribution in [1.29, 1.82) is 0 Å². The van der Waals surface area contributed by atoms with Crippen molar-refractivity contribution in [1.82, 2.24) is 15.1 Å². The molecule has 2 amide bonds. The first kappa shape index (κ1) is 33.8. The minimum Gasteiger partial charge on any atom is -0.392 e. The summed E-state index contributed by atoms with van der Waals surface area (Å²) in [5.74, 6) is -3.03. The first-order valence-corrected chi connectivity index (χ1v) is 16.3. The molecule has 1 spiro atoms. The maximum absolute atomic E-state index is 13.0. The molecule has 0 aromatic heterocycles. The summed E-state index contributed by atoms with van der Waals surface area (Å²) in [6, 6.07) is 14.0. The molecule has 5 unspecified atom stereocenters. The van der Waals surface area contributed by atoms with Crippen molar-refractivity contribution < 1.29 is 46.8 Å². The van der Waals surface area contributed by atoms with E-state index in [0.717, 1.165) is 48.2 Å². The van der Waals surface area contributed by atoms with Crippen LogP contribution in [0.5, 0.6) is 0 Å². The Morgan fingerprint density at radius 3 is 2.21 bits per heavy atom. The lowest BCUT2D eigenvalue weighted by molar-refractivity contribution is -0.278. The molecule has 6 rings (SSSR count). The Balaban J connectivity index is 1.12. The third-order valence-electron chi connectivity index (χ3n) is 9.77. The molecule has 5 atom stereocenters. The van der Waals surface area contributed by atoms with Gasteiger partial charge in [0.15, 0.2) is 12.1 Å². The molecular formula is C34H42F3N3O7. The number of halogens is 3. The number of nitrogens with zero attached hydrogens (tertiary/aromatic N) is 2. The molecule has 4 heterocycles. The summed E-state index contributed by atoms with van der Waals surface area (Å²) in [4.78, 5) is 27.5. The van der Waals surface area contributed by atoms with Gasteiger partial charge in [-0.3, -0.25) is 9.59 Å². The molecule has 4 aliphatic rings. The zero-order chi connectivity index (χ0) is 33.2. The molecule has 13 heteroatoms. The highest BCUT2D eigenvalue weighted by Crippen LogP contribution is 2.42. The van der Waals surface area contributed by atoms with Crippen LogP contribution in [-0.2, 0) is 41.7 Å². The second-order valence-corrected chi connectivity index (χ2v) is 12.8. The van der Waals surface area contributed by atoms with Gasteiger partial charge in [-0.05, 0) is 29.5 Å². The van der Waals surface area contributed by atoms with Crippen molar-refractivity contribution in [3.05, 3.63) is 70.8 Å². The van der Waals surface area contributed by atoms with Crippen molar-refractivity contribution in [3.63, 3.8) is 0 Å². The van der Waals surface area contributed by atoms with E-state index in [0.29, 0.717) is 31.1 Å². The molecule has 10 nitrogen and oxygen atoms in total. The smallest absolute Gasteiger partial charge is 0.392 e. The van der Waals surface area contributed by atoms with Gasteiger partial charge in [0.2, 0.25) is 5.91 Å². The zero-order valence-corrected chi connectivity index (χ0v) is 26.4. The molecule has 0 bridgehead atoms. The van der Waals surface area contributed by atoms with Gasteiger partial charge >= 0.3 is 12.1 Å². The highest BCUT2D eigenvalue weighted by molar-refractivity contribution is 5.90. The number of alkyl halides is 3. The Hall–Kier alpha value is -3.07. The lowest BCUT2D eigenvalue weighted by atomic mass is 9.89. The van der Waals surface area contributed by atoms with E-state index >= 15 is 0 Å². The number of hydrogen-bond acceptors (Lipinski definition) is 8. The molecule has 0 radical (unpaired) electrons. The second kappa shape index (κ2) is 14.2. The van der Waals surface area contributed by atoms with Crippen molar-refractivity contribution in [2.24, 2.45) is 5.92 Å². The van der Waals surface area contributed by atoms with Gasteiger partial charge < -0.3 is 39.2 Å². The lowest BCUT2D eigenvalue weighted by Gasteiger charge is -2.44. The van der Waals surface area contributed by atoms with Crippen molar-refractivity contribution in [3.8, 4) is 0 Å². The Morgan fingerprint density at radius 2 is 1.57 bits per heavy atom. The maximum atomic E-state index is 13.0. The van der Waals surface area contributed by atoms with E-state index in [4.69, 9.17) is 18.9 Å². The van der Waals surface area contributed by atoms with Crippen LogP contribution in [0.3, 0.4) is 0 Å². The fourth-order valence-corrected chi connectivity index (χ4v) is 6.99. The van der Waals surface area contributed by atoms with Gasteiger partial charge in [-0.25, -0.2) is 0 Å². The van der Waals surface area contributed by atoms with E-state index < -0.39 is 36.1 Å². The average Bonchev–Trinajstić information content (AvgIpc) is 3.76. The van der Waals surface area contributed by atoms with Crippen molar-refractivity contribution in [2.75, 3.05) is 39.4 Å². The van der Waals surface area contributed by atoms with E-state index in [2.05, 4.69) is 17.1 Å². The second-order valence-electron chi connectivity index (χ2n) is 12.8. The Labute approximate surface area is 272 Å². The number of aliphatic hydroxyl groups excluding tert-OH is 1. The van der Waals surface area contributed by atoms with Gasteiger partial charge in [-0.2, -0.15) is 13.2 Å². The molecular weight excluding hydrogens is 619 g/mol. The predicted molar refractivity (Wildman–Crippen MR) is 162 cm³/mol. The van der Waals surface area contributed by atoms with Crippen LogP contribution in [0.25, 0.3) is 0 Å². The largest absolute Gasteiger partial charge is 0.471 e. The van der Waals surface area contributed by atoms with Crippen LogP contribution < -0.4 is 5.32 Å². The third-order valence-corrected chi connectivity index (χ3v) is 9.77. The zero-order valence-electron chi connectivity index (χ0n) is 26.4. The molecule has 4 saturated heterocycles. The van der Waals surface area contributed by atoms with Crippen molar-refractivity contribution >= 4 is 11.8 Å². The van der Waals surface area contributed by atoms with Gasteiger partial charge in [0.25, 0.3) is 0 Å². The maximum Gasteiger partial charge on any atom is 0.471 e. The first-order chi connectivity index (χ1) is 22.5. The van der Waals surface area contributed by atoms with E-state index in [1.54, 1.807) is 0 Å². The van der Waals surface area contributed by atoms with Gasteiger partial charge in [0.05, 0.1) is 32.0 Å². The molecule has 2 aromatic carbocycles. The number of carbonyl (C=O) groups is 2. The van der Waals surface area contributed by atoms with Crippen LogP contribution in [0.2, 0.25) is 0 Å². The fourth-order valence-electron chi connectivity index (χ4n) is 6.99. The average molecular weight is 662 g/mol. The predicted octanol–water partition coefficient (Wildman–Crippen LogP) is 3.98. The Kier molecular flexibility index (Phi) is 10.2. The summed E-state index contributed by atoms with van der Waals surface area (Å²) in [7, 11) is 0. The Morgan fingerprint density at radius 1 is 0.936 bits per heavy atom. The summed E-state index contributed by atoms with van der Waals surface area (Å²) in [5, 5.41) is 12.2. The van der Waals surface area contributed by atoms with Crippen LogP contribution in [0.4, 0.5) is 13.2 Å². The highest BCUT2D eigenvalue weighted by atomic mass is 19.4. The van der Waals surface area contributed by atoms with Crippen LogP contribution in [0.15, 0.2) is 48.5 Å². The summed E-state index contributed by atoms with van der Waals surface area (Å²) in [5.41, 5.74) is 3.33. The van der Waals surface area contributed by atoms with Crippen molar-refractivity contribution in [2.45, 2.75) is 82.3 Å². The molecule has 4 aliphatic heterocycles. The minimum atomic E-state index is -5.02. The quantitative estimate of drug-likeness (QED) is 0.438. The van der Waals surface area contributed by atoms with Gasteiger partial charge in [-0.15, -0.1) is 0 Å². The number of carbonyl (C=O) groups excluding carboxylic acids is 2. The molecule has 256 valence electrons. The SMILES string of the molecule is CC1C(CN2CCC3(CC2)OCCO3)OC(c2ccc(CNC(=O)C3CCCN3C(=O)C(F)(F)F)cc2)OC1c1ccc(CO)cc1. The summed E-state index contributed by atoms with van der Waals surface area (Å²) in [6.45, 7) is 5.71. The standard InChI is InChI=1S/C34H42F3N3O7/c1-22-28(20-39-15-12-33(13-16-39)44-17-18-45-33)46-31(47-29(22)25-8-6-24(21-41)7-9-25)26-10-4-23(5-11-26)19-38-30(42)27-3-2-14-40(27)32(43)34(35,36)37/h4-11,22,27-29,31,41H,2-3,12-21H2,1H3,(H,38,42). The number of nitrogens with one attached hydrogen (secondary N) is 1. The lowest BCUT2D eigenvalue weighted by Crippen LogP contribution is -2.50. The highest BCUT2D eigenvalue weighted by Gasteiger charge is 2.48. The molecule has 0 saturated carbocycles. The summed E-state index contributed by atoms with van der Waals surface area (Å²) in [6.07, 6.45) is -3.97. The number of likely N-dealkylation sites (tertiary alicyclic amines) is 2. The minimum absolute atomic E-state index is 0.0231. The number of hydrogen-bond donors (Lipinski definition) is 2. The number of piperidine rings is 1. The molecule has 47 heavy (non-hydrogen) atoms. The molecule has 0 aliphatic carbocycles. The third kappa shape index (κ3) is 7.65. The number of benzene rings is 2. The van der Waals surface area contributed by atoms with Gasteiger partial charge in [0.1, 0.15) is 6.04 Å². The van der Waals surface area contributed by atoms with E-state index in [1.807, 2.05) is 48.5 Å². The van der Waals surface area contributed by atoms with Crippen LogP contribution in [-0.4, -0.2) is 90.2 Å². The van der Waals surface area contributed by atoms with Crippen LogP contribution in [0.1, 0.15) is 67.3 Å². The Bertz CT molecular complexity index is 1370. The molecule has 2 N–H and O–H groups in total. The summed E-state index contributed by atoms with van der Waals surface area (Å²) < 4.78 is 63.9. The number of amides is 2.